The quantitative estimate of drug-likeness (QED) is 0.629. The normalized spacial score (nSPS) is 19.3. The molecule has 1 aliphatic rings. The first-order valence-corrected chi connectivity index (χ1v) is 6.02. The van der Waals surface area contributed by atoms with Gasteiger partial charge in [-0.2, -0.15) is 0 Å². The summed E-state index contributed by atoms with van der Waals surface area (Å²) in [5.74, 6) is 1.04. The molecule has 1 aliphatic heterocycles. The molecule has 0 aliphatic carbocycles. The molecule has 3 heteroatoms. The van der Waals surface area contributed by atoms with E-state index < -0.39 is 0 Å². The van der Waals surface area contributed by atoms with Gasteiger partial charge >= 0.3 is 0 Å². The second kappa shape index (κ2) is 6.96. The predicted molar refractivity (Wildman–Crippen MR) is 61.0 cm³/mol. The summed E-state index contributed by atoms with van der Waals surface area (Å²) in [7, 11) is 0. The summed E-state index contributed by atoms with van der Waals surface area (Å²) in [6, 6.07) is 0. The van der Waals surface area contributed by atoms with Gasteiger partial charge < -0.3 is 9.64 Å². The molecule has 0 N–H and O–H groups in total. The zero-order chi connectivity index (χ0) is 11.1. The number of ether oxygens (including phenoxy) is 1. The number of piperidine rings is 1. The van der Waals surface area contributed by atoms with E-state index in [-0.39, 0.29) is 12.4 Å². The number of nitrogens with zero attached hydrogens (tertiary/aromatic N) is 1. The van der Waals surface area contributed by atoms with Gasteiger partial charge in [0.15, 0.2) is 5.78 Å². The minimum absolute atomic E-state index is 0.111. The predicted octanol–water partition coefficient (Wildman–Crippen LogP) is 1.71. The summed E-state index contributed by atoms with van der Waals surface area (Å²) in [6.07, 6.45) is 3.96. The molecule has 0 aromatic heterocycles. The zero-order valence-corrected chi connectivity index (χ0v) is 10.00. The van der Waals surface area contributed by atoms with E-state index >= 15 is 0 Å². The van der Waals surface area contributed by atoms with Crippen LogP contribution in [0, 0.1) is 5.92 Å². The molecule has 0 amide bonds. The Balaban J connectivity index is 2.01. The Kier molecular flexibility index (Phi) is 5.88. The van der Waals surface area contributed by atoms with Crippen molar-refractivity contribution in [1.29, 1.82) is 0 Å². The van der Waals surface area contributed by atoms with Crippen molar-refractivity contribution >= 4 is 5.78 Å². The van der Waals surface area contributed by atoms with Crippen LogP contribution in [0.15, 0.2) is 0 Å². The summed E-state index contributed by atoms with van der Waals surface area (Å²) >= 11 is 0. The van der Waals surface area contributed by atoms with Gasteiger partial charge in [0, 0.05) is 6.54 Å². The summed E-state index contributed by atoms with van der Waals surface area (Å²) in [5.41, 5.74) is 0. The van der Waals surface area contributed by atoms with Crippen LogP contribution >= 0.6 is 0 Å². The fraction of sp³-hybridized carbons (Fsp3) is 0.917. The van der Waals surface area contributed by atoms with Crippen molar-refractivity contribution in [3.05, 3.63) is 0 Å². The molecular formula is C12H23NO2. The minimum Gasteiger partial charge on any atom is -0.372 e. The Hall–Kier alpha value is -0.410. The van der Waals surface area contributed by atoms with E-state index in [9.17, 15) is 4.79 Å². The fourth-order valence-corrected chi connectivity index (χ4v) is 2.03. The molecule has 1 heterocycles. The molecule has 1 fully saturated rings. The van der Waals surface area contributed by atoms with Crippen molar-refractivity contribution in [1.82, 2.24) is 4.90 Å². The summed E-state index contributed by atoms with van der Waals surface area (Å²) < 4.78 is 5.26. The third-order valence-electron chi connectivity index (χ3n) is 3.14. The van der Waals surface area contributed by atoms with Crippen LogP contribution < -0.4 is 0 Å². The number of likely N-dealkylation sites (tertiary alicyclic amines) is 1. The van der Waals surface area contributed by atoms with Gasteiger partial charge in [0.05, 0.1) is 6.61 Å². The lowest BCUT2D eigenvalue weighted by atomic mass is 9.94. The molecule has 88 valence electrons. The van der Waals surface area contributed by atoms with Gasteiger partial charge in [-0.1, -0.05) is 13.3 Å². The highest BCUT2D eigenvalue weighted by molar-refractivity contribution is 5.76. The number of rotatable bonds is 6. The van der Waals surface area contributed by atoms with E-state index in [1.807, 2.05) is 0 Å². The lowest BCUT2D eigenvalue weighted by Gasteiger charge is -2.31. The molecular weight excluding hydrogens is 190 g/mol. The Labute approximate surface area is 92.8 Å². The number of carbonyl (C=O) groups is 1. The third kappa shape index (κ3) is 5.28. The second-order valence-electron chi connectivity index (χ2n) is 4.45. The lowest BCUT2D eigenvalue weighted by molar-refractivity contribution is -0.121. The Morgan fingerprint density at radius 2 is 2.07 bits per heavy atom. The van der Waals surface area contributed by atoms with Crippen LogP contribution in [0.1, 0.15) is 33.1 Å². The topological polar surface area (TPSA) is 29.5 Å². The largest absolute Gasteiger partial charge is 0.372 e. The molecule has 0 unspecified atom stereocenters. The standard InChI is InChI=1S/C12H23NO2/c1-3-12-4-6-13(7-5-12)8-9-15-10-11(2)14/h12H,3-10H2,1-2H3. The van der Waals surface area contributed by atoms with Crippen LogP contribution in [-0.4, -0.2) is 43.5 Å². The van der Waals surface area contributed by atoms with E-state index in [0.29, 0.717) is 6.61 Å². The average Bonchev–Trinajstić information content (AvgIpc) is 2.25. The van der Waals surface area contributed by atoms with Gasteiger partial charge in [0.1, 0.15) is 6.61 Å². The number of carbonyl (C=O) groups excluding carboxylic acids is 1. The first kappa shape index (κ1) is 12.7. The van der Waals surface area contributed by atoms with Gasteiger partial charge in [-0.3, -0.25) is 4.79 Å². The van der Waals surface area contributed by atoms with Crippen molar-refractivity contribution in [3.63, 3.8) is 0 Å². The molecule has 0 bridgehead atoms. The zero-order valence-electron chi connectivity index (χ0n) is 10.00. The van der Waals surface area contributed by atoms with Crippen molar-refractivity contribution < 1.29 is 9.53 Å². The maximum atomic E-state index is 10.6. The van der Waals surface area contributed by atoms with Crippen molar-refractivity contribution in [2.75, 3.05) is 32.8 Å². The number of hydrogen-bond acceptors (Lipinski definition) is 3. The number of Topliss-reactive ketones (excluding diaryl/α,β-unsaturated/α-hetero) is 1. The maximum Gasteiger partial charge on any atom is 0.155 e. The molecule has 15 heavy (non-hydrogen) atoms. The lowest BCUT2D eigenvalue weighted by Crippen LogP contribution is -2.36. The molecule has 0 radical (unpaired) electrons. The van der Waals surface area contributed by atoms with Crippen molar-refractivity contribution in [2.45, 2.75) is 33.1 Å². The minimum atomic E-state index is 0.111. The van der Waals surface area contributed by atoms with E-state index in [1.165, 1.54) is 32.4 Å². The van der Waals surface area contributed by atoms with Crippen LogP contribution in [0.5, 0.6) is 0 Å². The monoisotopic (exact) mass is 213 g/mol. The maximum absolute atomic E-state index is 10.6. The van der Waals surface area contributed by atoms with Gasteiger partial charge in [-0.15, -0.1) is 0 Å². The van der Waals surface area contributed by atoms with Crippen LogP contribution in [0.4, 0.5) is 0 Å². The van der Waals surface area contributed by atoms with Crippen LogP contribution in [-0.2, 0) is 9.53 Å². The van der Waals surface area contributed by atoms with Crippen molar-refractivity contribution in [3.8, 4) is 0 Å². The molecule has 0 atom stereocenters. The highest BCUT2D eigenvalue weighted by atomic mass is 16.5. The molecule has 1 saturated heterocycles. The third-order valence-corrected chi connectivity index (χ3v) is 3.14. The van der Waals surface area contributed by atoms with Gasteiger partial charge in [0.25, 0.3) is 0 Å². The van der Waals surface area contributed by atoms with Gasteiger partial charge in [-0.05, 0) is 38.8 Å². The van der Waals surface area contributed by atoms with Gasteiger partial charge in [-0.25, -0.2) is 0 Å². The van der Waals surface area contributed by atoms with Gasteiger partial charge in [0.2, 0.25) is 0 Å². The Bertz CT molecular complexity index is 186. The summed E-state index contributed by atoms with van der Waals surface area (Å²) in [5, 5.41) is 0. The molecule has 0 saturated carbocycles. The molecule has 3 nitrogen and oxygen atoms in total. The van der Waals surface area contributed by atoms with Crippen LogP contribution in [0.25, 0.3) is 0 Å². The fourth-order valence-electron chi connectivity index (χ4n) is 2.03. The van der Waals surface area contributed by atoms with E-state index in [4.69, 9.17) is 4.74 Å². The first-order valence-electron chi connectivity index (χ1n) is 6.02. The summed E-state index contributed by atoms with van der Waals surface area (Å²) in [6.45, 7) is 8.17. The number of ketones is 1. The highest BCUT2D eigenvalue weighted by Crippen LogP contribution is 2.19. The Morgan fingerprint density at radius 3 is 2.60 bits per heavy atom. The van der Waals surface area contributed by atoms with Crippen molar-refractivity contribution in [2.24, 2.45) is 5.92 Å². The average molecular weight is 213 g/mol. The van der Waals surface area contributed by atoms with Crippen LogP contribution in [0.3, 0.4) is 0 Å². The van der Waals surface area contributed by atoms with E-state index in [2.05, 4.69) is 11.8 Å². The summed E-state index contributed by atoms with van der Waals surface area (Å²) in [4.78, 5) is 13.1. The van der Waals surface area contributed by atoms with E-state index in [1.54, 1.807) is 6.92 Å². The van der Waals surface area contributed by atoms with E-state index in [0.717, 1.165) is 12.5 Å². The Morgan fingerprint density at radius 1 is 1.40 bits per heavy atom. The highest BCUT2D eigenvalue weighted by Gasteiger charge is 2.16. The SMILES string of the molecule is CCC1CCN(CCOCC(C)=O)CC1. The van der Waals surface area contributed by atoms with Crippen LogP contribution in [0.2, 0.25) is 0 Å². The molecule has 0 spiro atoms. The molecule has 0 aromatic rings. The smallest absolute Gasteiger partial charge is 0.155 e. The molecule has 0 aromatic carbocycles. The molecule has 1 rings (SSSR count). The second-order valence-corrected chi connectivity index (χ2v) is 4.45. The number of hydrogen-bond donors (Lipinski definition) is 0. The first-order chi connectivity index (χ1) is 7.22.